The first-order valence-corrected chi connectivity index (χ1v) is 6.93. The number of hydrogen-bond acceptors (Lipinski definition) is 4. The maximum atomic E-state index is 11.8. The molecule has 2 aromatic rings. The van der Waals surface area contributed by atoms with E-state index in [1.807, 2.05) is 13.0 Å². The van der Waals surface area contributed by atoms with E-state index in [2.05, 4.69) is 26.2 Å². The topological polar surface area (TPSA) is 75.0 Å². The number of anilines is 1. The summed E-state index contributed by atoms with van der Waals surface area (Å²) in [4.78, 5) is 15.9. The lowest BCUT2D eigenvalue weighted by Gasteiger charge is -2.08. The van der Waals surface area contributed by atoms with Crippen LogP contribution in [0.4, 0.5) is 5.82 Å². The van der Waals surface area contributed by atoms with Gasteiger partial charge in [-0.2, -0.15) is 5.26 Å². The van der Waals surface area contributed by atoms with Crippen molar-refractivity contribution in [2.24, 2.45) is 0 Å². The Kier molecular flexibility index (Phi) is 4.90. The number of amides is 1. The summed E-state index contributed by atoms with van der Waals surface area (Å²) < 4.78 is 6.22. The lowest BCUT2D eigenvalue weighted by molar-refractivity contribution is -0.118. The van der Waals surface area contributed by atoms with Crippen molar-refractivity contribution < 1.29 is 9.53 Å². The van der Waals surface area contributed by atoms with Crippen LogP contribution in [0.1, 0.15) is 11.1 Å². The van der Waals surface area contributed by atoms with Gasteiger partial charge in [0.2, 0.25) is 0 Å². The van der Waals surface area contributed by atoms with Crippen molar-refractivity contribution in [1.82, 2.24) is 4.98 Å². The lowest BCUT2D eigenvalue weighted by Crippen LogP contribution is -2.21. The third-order valence-electron chi connectivity index (χ3n) is 2.68. The van der Waals surface area contributed by atoms with Crippen molar-refractivity contribution in [3.05, 3.63) is 52.1 Å². The normalized spacial score (nSPS) is 9.76. The van der Waals surface area contributed by atoms with Crippen LogP contribution in [0.5, 0.6) is 5.75 Å². The summed E-state index contributed by atoms with van der Waals surface area (Å²) in [7, 11) is 0. The fraction of sp³-hybridized carbons (Fsp3) is 0.133. The van der Waals surface area contributed by atoms with E-state index in [-0.39, 0.29) is 12.5 Å². The van der Waals surface area contributed by atoms with Gasteiger partial charge in [-0.15, -0.1) is 0 Å². The molecule has 1 N–H and O–H groups in total. The molecule has 0 saturated carbocycles. The highest BCUT2D eigenvalue weighted by molar-refractivity contribution is 9.10. The van der Waals surface area contributed by atoms with Crippen molar-refractivity contribution in [3.8, 4) is 11.8 Å². The number of aryl methyl sites for hydroxylation is 1. The third-order valence-corrected chi connectivity index (χ3v) is 3.51. The second-order valence-corrected chi connectivity index (χ2v) is 5.12. The number of pyridine rings is 1. The van der Waals surface area contributed by atoms with Gasteiger partial charge in [-0.3, -0.25) is 4.79 Å². The summed E-state index contributed by atoms with van der Waals surface area (Å²) in [6.45, 7) is 1.72. The van der Waals surface area contributed by atoms with Gasteiger partial charge in [-0.1, -0.05) is 12.1 Å². The van der Waals surface area contributed by atoms with Gasteiger partial charge < -0.3 is 10.1 Å². The second kappa shape index (κ2) is 6.86. The van der Waals surface area contributed by atoms with E-state index in [0.717, 1.165) is 10.0 Å². The zero-order chi connectivity index (χ0) is 15.2. The maximum Gasteiger partial charge on any atom is 0.263 e. The fourth-order valence-corrected chi connectivity index (χ4v) is 1.83. The molecule has 1 heterocycles. The molecule has 0 aliphatic carbocycles. The second-order valence-electron chi connectivity index (χ2n) is 4.26. The smallest absolute Gasteiger partial charge is 0.263 e. The third kappa shape index (κ3) is 4.04. The number of nitrogens with one attached hydrogen (secondary N) is 1. The molecule has 0 atom stereocenters. The summed E-state index contributed by atoms with van der Waals surface area (Å²) in [5.41, 5.74) is 1.36. The number of hydrogen-bond donors (Lipinski definition) is 1. The highest BCUT2D eigenvalue weighted by atomic mass is 79.9. The molecule has 5 nitrogen and oxygen atoms in total. The monoisotopic (exact) mass is 345 g/mol. The van der Waals surface area contributed by atoms with Gasteiger partial charge in [-0.05, 0) is 46.6 Å². The Morgan fingerprint density at radius 2 is 2.24 bits per heavy atom. The summed E-state index contributed by atoms with van der Waals surface area (Å²) >= 11 is 3.34. The van der Waals surface area contributed by atoms with E-state index in [9.17, 15) is 4.79 Å². The Balaban J connectivity index is 1.96. The number of para-hydroxylation sites is 1. The first-order chi connectivity index (χ1) is 10.1. The number of rotatable bonds is 4. The van der Waals surface area contributed by atoms with E-state index >= 15 is 0 Å². The molecule has 0 bridgehead atoms. The van der Waals surface area contributed by atoms with Crippen LogP contribution in [0.15, 0.2) is 41.0 Å². The number of nitriles is 1. The number of benzene rings is 1. The van der Waals surface area contributed by atoms with Crippen LogP contribution in [-0.4, -0.2) is 17.5 Å². The SMILES string of the molecule is Cc1cc(NC(=O)COc2ccccc2C#N)ncc1Br. The number of nitrogens with zero attached hydrogens (tertiary/aromatic N) is 2. The van der Waals surface area contributed by atoms with Crippen molar-refractivity contribution >= 4 is 27.7 Å². The van der Waals surface area contributed by atoms with Crippen molar-refractivity contribution in [3.63, 3.8) is 0 Å². The molecule has 6 heteroatoms. The molecule has 0 aliphatic heterocycles. The molecule has 0 fully saturated rings. The number of carbonyl (C=O) groups excluding carboxylic acids is 1. The zero-order valence-electron chi connectivity index (χ0n) is 11.3. The van der Waals surface area contributed by atoms with Gasteiger partial charge in [0.1, 0.15) is 17.6 Å². The molecule has 0 saturated heterocycles. The molecule has 21 heavy (non-hydrogen) atoms. The first kappa shape index (κ1) is 15.0. The van der Waals surface area contributed by atoms with E-state index < -0.39 is 0 Å². The quantitative estimate of drug-likeness (QED) is 0.923. The van der Waals surface area contributed by atoms with Crippen LogP contribution in [-0.2, 0) is 4.79 Å². The van der Waals surface area contributed by atoms with Crippen molar-refractivity contribution in [2.75, 3.05) is 11.9 Å². The number of ether oxygens (including phenoxy) is 1. The molecule has 0 unspecified atom stereocenters. The fourth-order valence-electron chi connectivity index (χ4n) is 1.61. The van der Waals surface area contributed by atoms with Gasteiger partial charge in [-0.25, -0.2) is 4.98 Å². The molecule has 106 valence electrons. The Morgan fingerprint density at radius 3 is 2.95 bits per heavy atom. The Labute approximate surface area is 130 Å². The predicted octanol–water partition coefficient (Wildman–Crippen LogP) is 3.04. The van der Waals surface area contributed by atoms with Crippen LogP contribution in [0.3, 0.4) is 0 Å². The molecule has 0 spiro atoms. The summed E-state index contributed by atoms with van der Waals surface area (Å²) in [5, 5.41) is 11.6. The van der Waals surface area contributed by atoms with E-state index in [1.54, 1.807) is 36.5 Å². The Morgan fingerprint density at radius 1 is 1.48 bits per heavy atom. The molecule has 0 aliphatic rings. The van der Waals surface area contributed by atoms with E-state index in [1.165, 1.54) is 0 Å². The summed E-state index contributed by atoms with van der Waals surface area (Å²) in [6, 6.07) is 10.5. The van der Waals surface area contributed by atoms with Crippen LogP contribution in [0.2, 0.25) is 0 Å². The molecular formula is C15H12BrN3O2. The summed E-state index contributed by atoms with van der Waals surface area (Å²) in [5.74, 6) is 0.505. The van der Waals surface area contributed by atoms with Crippen molar-refractivity contribution in [1.29, 1.82) is 5.26 Å². The van der Waals surface area contributed by atoms with E-state index in [0.29, 0.717) is 17.1 Å². The number of halogens is 1. The predicted molar refractivity (Wildman–Crippen MR) is 82.0 cm³/mol. The molecular weight excluding hydrogens is 334 g/mol. The van der Waals surface area contributed by atoms with Gasteiger partial charge >= 0.3 is 0 Å². The summed E-state index contributed by atoms with van der Waals surface area (Å²) in [6.07, 6.45) is 1.62. The average Bonchev–Trinajstić information content (AvgIpc) is 2.49. The van der Waals surface area contributed by atoms with E-state index in [4.69, 9.17) is 10.00 Å². The van der Waals surface area contributed by atoms with Crippen molar-refractivity contribution in [2.45, 2.75) is 6.92 Å². The minimum atomic E-state index is -0.336. The Bertz CT molecular complexity index is 710. The van der Waals surface area contributed by atoms with Gasteiger partial charge in [0.05, 0.1) is 5.56 Å². The average molecular weight is 346 g/mol. The minimum absolute atomic E-state index is 0.185. The van der Waals surface area contributed by atoms with Crippen LogP contribution >= 0.6 is 15.9 Å². The first-order valence-electron chi connectivity index (χ1n) is 6.14. The largest absolute Gasteiger partial charge is 0.482 e. The number of aromatic nitrogens is 1. The molecule has 2 rings (SSSR count). The molecule has 1 amide bonds. The van der Waals surface area contributed by atoms with Crippen LogP contribution < -0.4 is 10.1 Å². The maximum absolute atomic E-state index is 11.8. The highest BCUT2D eigenvalue weighted by Crippen LogP contribution is 2.18. The lowest BCUT2D eigenvalue weighted by atomic mass is 10.2. The minimum Gasteiger partial charge on any atom is -0.482 e. The Hall–Kier alpha value is -2.39. The zero-order valence-corrected chi connectivity index (χ0v) is 12.8. The van der Waals surface area contributed by atoms with Gasteiger partial charge in [0.25, 0.3) is 5.91 Å². The molecule has 1 aromatic heterocycles. The number of carbonyl (C=O) groups is 1. The van der Waals surface area contributed by atoms with Gasteiger partial charge in [0, 0.05) is 10.7 Å². The highest BCUT2D eigenvalue weighted by Gasteiger charge is 2.08. The van der Waals surface area contributed by atoms with Crippen LogP contribution in [0.25, 0.3) is 0 Å². The molecule has 0 radical (unpaired) electrons. The van der Waals surface area contributed by atoms with Crippen LogP contribution in [0, 0.1) is 18.3 Å². The molecule has 1 aromatic carbocycles. The van der Waals surface area contributed by atoms with Gasteiger partial charge in [0.15, 0.2) is 6.61 Å². The standard InChI is InChI=1S/C15H12BrN3O2/c1-10-6-14(18-8-12(10)16)19-15(20)9-21-13-5-3-2-4-11(13)7-17/h2-6,8H,9H2,1H3,(H,18,19,20).